The summed E-state index contributed by atoms with van der Waals surface area (Å²) in [5, 5.41) is 3.93. The standard InChI is InChI=1S/C18H16Cl2N2O2S/c1-11(13-7-6-12(19)8-14(13)20)21-17(23)9-22-15-4-2-3-5-16(15)25-10-18(22)24/h2-8,11H,9-10H2,1H3,(H,21,23). The molecule has 0 aliphatic carbocycles. The second-order valence-electron chi connectivity index (χ2n) is 5.69. The van der Waals surface area contributed by atoms with E-state index in [1.54, 1.807) is 18.2 Å². The third kappa shape index (κ3) is 4.11. The zero-order valence-electron chi connectivity index (χ0n) is 13.5. The highest BCUT2D eigenvalue weighted by Crippen LogP contribution is 2.34. The maximum Gasteiger partial charge on any atom is 0.240 e. The molecule has 0 bridgehead atoms. The van der Waals surface area contributed by atoms with E-state index in [2.05, 4.69) is 5.32 Å². The Morgan fingerprint density at radius 3 is 2.80 bits per heavy atom. The Morgan fingerprint density at radius 2 is 2.04 bits per heavy atom. The van der Waals surface area contributed by atoms with Crippen molar-refractivity contribution in [3.05, 3.63) is 58.1 Å². The molecule has 0 saturated carbocycles. The molecule has 0 fully saturated rings. The summed E-state index contributed by atoms with van der Waals surface area (Å²) in [6.07, 6.45) is 0. The van der Waals surface area contributed by atoms with Gasteiger partial charge in [-0.25, -0.2) is 0 Å². The second-order valence-corrected chi connectivity index (χ2v) is 7.55. The number of nitrogens with one attached hydrogen (secondary N) is 1. The molecule has 130 valence electrons. The Hall–Kier alpha value is -1.69. The maximum atomic E-state index is 12.4. The minimum atomic E-state index is -0.290. The Kier molecular flexibility index (Phi) is 5.57. The number of anilines is 1. The van der Waals surface area contributed by atoms with Crippen LogP contribution in [0, 0.1) is 0 Å². The molecule has 1 aliphatic rings. The fourth-order valence-electron chi connectivity index (χ4n) is 2.69. The van der Waals surface area contributed by atoms with Gasteiger partial charge >= 0.3 is 0 Å². The van der Waals surface area contributed by atoms with Crippen molar-refractivity contribution in [2.75, 3.05) is 17.2 Å². The van der Waals surface area contributed by atoms with Gasteiger partial charge in [-0.15, -0.1) is 11.8 Å². The van der Waals surface area contributed by atoms with Crippen LogP contribution in [0.5, 0.6) is 0 Å². The number of halogens is 2. The Morgan fingerprint density at radius 1 is 1.28 bits per heavy atom. The molecular weight excluding hydrogens is 379 g/mol. The number of nitrogens with zero attached hydrogens (tertiary/aromatic N) is 1. The molecule has 0 saturated heterocycles. The molecule has 1 atom stereocenters. The first-order valence-electron chi connectivity index (χ1n) is 7.72. The van der Waals surface area contributed by atoms with Crippen molar-refractivity contribution in [3.8, 4) is 0 Å². The van der Waals surface area contributed by atoms with E-state index < -0.39 is 0 Å². The first kappa shape index (κ1) is 18.1. The van der Waals surface area contributed by atoms with Gasteiger partial charge in [-0.2, -0.15) is 0 Å². The number of carbonyl (C=O) groups excluding carboxylic acids is 2. The number of carbonyl (C=O) groups is 2. The molecule has 0 spiro atoms. The Balaban J connectivity index is 1.71. The summed E-state index contributed by atoms with van der Waals surface area (Å²) >= 11 is 13.6. The number of hydrogen-bond donors (Lipinski definition) is 1. The quantitative estimate of drug-likeness (QED) is 0.840. The van der Waals surface area contributed by atoms with Gasteiger partial charge in [0.1, 0.15) is 6.54 Å². The number of amides is 2. The van der Waals surface area contributed by atoms with Gasteiger partial charge in [0.25, 0.3) is 0 Å². The van der Waals surface area contributed by atoms with Crippen LogP contribution in [0.25, 0.3) is 0 Å². The lowest BCUT2D eigenvalue weighted by molar-refractivity contribution is -0.123. The molecule has 2 aromatic rings. The number of benzene rings is 2. The summed E-state index contributed by atoms with van der Waals surface area (Å²) < 4.78 is 0. The molecule has 2 amide bonds. The molecule has 0 radical (unpaired) electrons. The van der Waals surface area contributed by atoms with Gasteiger partial charge in [-0.3, -0.25) is 9.59 Å². The first-order valence-corrected chi connectivity index (χ1v) is 9.46. The zero-order chi connectivity index (χ0) is 18.0. The summed E-state index contributed by atoms with van der Waals surface area (Å²) in [6.45, 7) is 1.82. The Bertz CT molecular complexity index is 828. The predicted octanol–water partition coefficient (Wildman–Crippen LogP) is 4.31. The van der Waals surface area contributed by atoms with E-state index in [9.17, 15) is 9.59 Å². The van der Waals surface area contributed by atoms with Gasteiger partial charge in [0.05, 0.1) is 17.5 Å². The van der Waals surface area contributed by atoms with Crippen molar-refractivity contribution in [1.82, 2.24) is 5.32 Å². The molecule has 4 nitrogen and oxygen atoms in total. The normalized spacial score (nSPS) is 14.8. The summed E-state index contributed by atoms with van der Waals surface area (Å²) in [4.78, 5) is 27.2. The van der Waals surface area contributed by atoms with E-state index in [0.29, 0.717) is 15.8 Å². The molecule has 7 heteroatoms. The third-order valence-corrected chi connectivity index (χ3v) is 5.53. The van der Waals surface area contributed by atoms with Gasteiger partial charge in [0, 0.05) is 14.9 Å². The van der Waals surface area contributed by atoms with Crippen LogP contribution >= 0.6 is 35.0 Å². The summed E-state index contributed by atoms with van der Waals surface area (Å²) in [6, 6.07) is 12.5. The minimum Gasteiger partial charge on any atom is -0.348 e. The predicted molar refractivity (Wildman–Crippen MR) is 103 cm³/mol. The number of rotatable bonds is 4. The molecule has 1 unspecified atom stereocenters. The average Bonchev–Trinajstić information content (AvgIpc) is 2.57. The topological polar surface area (TPSA) is 49.4 Å². The Labute approximate surface area is 160 Å². The van der Waals surface area contributed by atoms with Crippen molar-refractivity contribution >= 4 is 52.5 Å². The first-order chi connectivity index (χ1) is 12.0. The van der Waals surface area contributed by atoms with E-state index in [4.69, 9.17) is 23.2 Å². The molecule has 2 aromatic carbocycles. The summed E-state index contributed by atoms with van der Waals surface area (Å²) in [5.41, 5.74) is 1.55. The van der Waals surface area contributed by atoms with Crippen LogP contribution in [-0.4, -0.2) is 24.1 Å². The van der Waals surface area contributed by atoms with Crippen LogP contribution in [0.4, 0.5) is 5.69 Å². The molecule has 1 aliphatic heterocycles. The highest BCUT2D eigenvalue weighted by Gasteiger charge is 2.26. The second kappa shape index (κ2) is 7.68. The van der Waals surface area contributed by atoms with Gasteiger partial charge in [0.15, 0.2) is 0 Å². The number of thioether (sulfide) groups is 1. The lowest BCUT2D eigenvalue weighted by Crippen LogP contribution is -2.43. The lowest BCUT2D eigenvalue weighted by Gasteiger charge is -2.29. The fourth-order valence-corrected chi connectivity index (χ4v) is 4.20. The minimum absolute atomic E-state index is 0.0219. The number of para-hydroxylation sites is 1. The summed E-state index contributed by atoms with van der Waals surface area (Å²) in [7, 11) is 0. The van der Waals surface area contributed by atoms with Crippen LogP contribution < -0.4 is 10.2 Å². The van der Waals surface area contributed by atoms with Gasteiger partial charge < -0.3 is 10.2 Å². The smallest absolute Gasteiger partial charge is 0.240 e. The van der Waals surface area contributed by atoms with E-state index in [0.717, 1.165) is 16.1 Å². The van der Waals surface area contributed by atoms with E-state index in [1.807, 2.05) is 31.2 Å². The van der Waals surface area contributed by atoms with E-state index >= 15 is 0 Å². The molecule has 25 heavy (non-hydrogen) atoms. The molecular formula is C18H16Cl2N2O2S. The van der Waals surface area contributed by atoms with Crippen molar-refractivity contribution in [2.45, 2.75) is 17.9 Å². The van der Waals surface area contributed by atoms with Crippen molar-refractivity contribution in [1.29, 1.82) is 0 Å². The third-order valence-electron chi connectivity index (χ3n) is 3.92. The molecule has 1 N–H and O–H groups in total. The van der Waals surface area contributed by atoms with Crippen LogP contribution in [-0.2, 0) is 9.59 Å². The van der Waals surface area contributed by atoms with E-state index in [1.165, 1.54) is 16.7 Å². The van der Waals surface area contributed by atoms with Gasteiger partial charge in [0.2, 0.25) is 11.8 Å². The van der Waals surface area contributed by atoms with Crippen LogP contribution in [0.1, 0.15) is 18.5 Å². The number of fused-ring (bicyclic) bond motifs is 1. The SMILES string of the molecule is CC(NC(=O)CN1C(=O)CSc2ccccc21)c1ccc(Cl)cc1Cl. The van der Waals surface area contributed by atoms with Crippen molar-refractivity contribution in [2.24, 2.45) is 0 Å². The molecule has 1 heterocycles. The van der Waals surface area contributed by atoms with E-state index in [-0.39, 0.29) is 24.4 Å². The van der Waals surface area contributed by atoms with Gasteiger partial charge in [-0.05, 0) is 36.8 Å². The zero-order valence-corrected chi connectivity index (χ0v) is 15.8. The van der Waals surface area contributed by atoms with Crippen molar-refractivity contribution in [3.63, 3.8) is 0 Å². The fraction of sp³-hybridized carbons (Fsp3) is 0.222. The summed E-state index contributed by atoms with van der Waals surface area (Å²) in [5.74, 6) is 0.0210. The molecule has 3 rings (SSSR count). The average molecular weight is 395 g/mol. The highest BCUT2D eigenvalue weighted by molar-refractivity contribution is 8.00. The van der Waals surface area contributed by atoms with Gasteiger partial charge in [-0.1, -0.05) is 41.4 Å². The maximum absolute atomic E-state index is 12.4. The largest absolute Gasteiger partial charge is 0.348 e. The molecule has 0 aromatic heterocycles. The highest BCUT2D eigenvalue weighted by atomic mass is 35.5. The monoisotopic (exact) mass is 394 g/mol. The lowest BCUT2D eigenvalue weighted by atomic mass is 10.1. The van der Waals surface area contributed by atoms with Crippen molar-refractivity contribution < 1.29 is 9.59 Å². The van der Waals surface area contributed by atoms with Crippen LogP contribution in [0.3, 0.4) is 0 Å². The number of hydrogen-bond acceptors (Lipinski definition) is 3. The van der Waals surface area contributed by atoms with Crippen LogP contribution in [0.15, 0.2) is 47.4 Å². The van der Waals surface area contributed by atoms with Crippen LogP contribution in [0.2, 0.25) is 10.0 Å².